The minimum absolute atomic E-state index is 0.0415. The summed E-state index contributed by atoms with van der Waals surface area (Å²) >= 11 is 7.62. The molecule has 0 radical (unpaired) electrons. The van der Waals surface area contributed by atoms with Gasteiger partial charge in [0.25, 0.3) is 0 Å². The van der Waals surface area contributed by atoms with Crippen molar-refractivity contribution in [2.75, 3.05) is 5.75 Å². The van der Waals surface area contributed by atoms with E-state index in [1.54, 1.807) is 0 Å². The molecule has 0 heterocycles. The van der Waals surface area contributed by atoms with Crippen molar-refractivity contribution >= 4 is 53.3 Å². The Morgan fingerprint density at radius 2 is 1.67 bits per heavy atom. The van der Waals surface area contributed by atoms with E-state index in [0.717, 1.165) is 0 Å². The predicted octanol–water partition coefficient (Wildman–Crippen LogP) is -0.884. The summed E-state index contributed by atoms with van der Waals surface area (Å²) in [5.41, 5.74) is -2.95. The van der Waals surface area contributed by atoms with Crippen LogP contribution in [0, 0.1) is 0 Å². The summed E-state index contributed by atoms with van der Waals surface area (Å²) in [7, 11) is -4.30. The predicted molar refractivity (Wildman–Crippen MR) is 75.7 cm³/mol. The van der Waals surface area contributed by atoms with Crippen LogP contribution < -0.4 is 0 Å². The maximum absolute atomic E-state index is 11.4. The molecule has 0 bridgehead atoms. The first-order chi connectivity index (χ1) is 9.38. The van der Waals surface area contributed by atoms with Gasteiger partial charge in [0.1, 0.15) is 0 Å². The average Bonchev–Trinajstić information content (AvgIpc) is 2.23. The van der Waals surface area contributed by atoms with Crippen molar-refractivity contribution in [3.8, 4) is 0 Å². The van der Waals surface area contributed by atoms with E-state index in [9.17, 15) is 27.9 Å². The van der Waals surface area contributed by atoms with Crippen molar-refractivity contribution in [3.05, 3.63) is 0 Å². The van der Waals surface area contributed by atoms with Crippen LogP contribution in [0.15, 0.2) is 0 Å². The first-order valence-electron chi connectivity index (χ1n) is 5.36. The number of aliphatic hydroxyl groups is 1. The lowest BCUT2D eigenvalue weighted by Gasteiger charge is -2.19. The Labute approximate surface area is 131 Å². The average molecular weight is 362 g/mol. The second-order valence-corrected chi connectivity index (χ2v) is 7.41. The molecule has 0 aromatic carbocycles. The summed E-state index contributed by atoms with van der Waals surface area (Å²) in [5, 5.41) is 26.7. The van der Waals surface area contributed by atoms with Crippen molar-refractivity contribution < 1.29 is 42.3 Å². The lowest BCUT2D eigenvalue weighted by molar-refractivity contribution is -0.169. The molecule has 122 valence electrons. The minimum Gasteiger partial charge on any atom is -0.481 e. The smallest absolute Gasteiger partial charge is 0.336 e. The van der Waals surface area contributed by atoms with Gasteiger partial charge in [0.05, 0.1) is 18.6 Å². The Morgan fingerprint density at radius 3 is 2.05 bits per heavy atom. The summed E-state index contributed by atoms with van der Waals surface area (Å²) in [5.74, 6) is -5.83. The first kappa shape index (κ1) is 20.0. The Morgan fingerprint density at radius 1 is 1.14 bits per heavy atom. The molecule has 0 rings (SSSR count). The number of hydrogen-bond donors (Lipinski definition) is 5. The highest BCUT2D eigenvalue weighted by molar-refractivity contribution is 7.99. The van der Waals surface area contributed by atoms with Crippen LogP contribution in [-0.4, -0.2) is 57.6 Å². The maximum Gasteiger partial charge on any atom is 0.336 e. The summed E-state index contributed by atoms with van der Waals surface area (Å²) in [4.78, 5) is 32.6. The van der Waals surface area contributed by atoms with E-state index >= 15 is 0 Å². The fourth-order valence-electron chi connectivity index (χ4n) is 1.17. The molecule has 1 atom stereocenters. The van der Waals surface area contributed by atoms with Crippen molar-refractivity contribution in [1.29, 1.82) is 0 Å². The number of aliphatic carboxylic acids is 2. The molecule has 0 saturated heterocycles. The van der Waals surface area contributed by atoms with Crippen LogP contribution in [0.3, 0.4) is 0 Å². The van der Waals surface area contributed by atoms with Gasteiger partial charge in [0.2, 0.25) is 0 Å². The number of carbonyl (C=O) groups excluding carboxylic acids is 1. The Kier molecular flexibility index (Phi) is 7.50. The van der Waals surface area contributed by atoms with Crippen molar-refractivity contribution in [2.24, 2.45) is 0 Å². The third-order valence-electron chi connectivity index (χ3n) is 2.12. The van der Waals surface area contributed by atoms with E-state index in [4.69, 9.17) is 10.2 Å². The van der Waals surface area contributed by atoms with Gasteiger partial charge in [-0.1, -0.05) is 0 Å². The third-order valence-corrected chi connectivity index (χ3v) is 3.82. The molecule has 0 saturated carbocycles. The zero-order chi connectivity index (χ0) is 16.8. The molecule has 12 heteroatoms. The van der Waals surface area contributed by atoms with E-state index in [1.807, 2.05) is 0 Å². The second-order valence-electron chi connectivity index (χ2n) is 4.07. The van der Waals surface area contributed by atoms with Crippen LogP contribution >= 0.6 is 25.3 Å². The molecular formula is C9H14O9S3. The number of thiol groups is 2. The Bertz CT molecular complexity index is 513. The molecule has 0 spiro atoms. The van der Waals surface area contributed by atoms with Gasteiger partial charge in [0, 0.05) is 4.58 Å². The van der Waals surface area contributed by atoms with Gasteiger partial charge < -0.3 is 19.5 Å². The SMILES string of the molecule is O=C(O)CC(O)(CC(=O)OS(=O)(=O)CCC(S)S)C(=O)O. The second kappa shape index (κ2) is 7.87. The van der Waals surface area contributed by atoms with E-state index in [1.165, 1.54) is 0 Å². The first-order valence-corrected chi connectivity index (χ1v) is 7.97. The number of carbonyl (C=O) groups is 3. The van der Waals surface area contributed by atoms with Gasteiger partial charge in [-0.2, -0.15) is 33.7 Å². The maximum atomic E-state index is 11.4. The standard InChI is InChI=1S/C9H14O9S3/c10-5(11)3-9(15,8(13)14)4-6(12)18-21(16,17)2-1-7(19)20/h7,15,19-20H,1-4H2,(H,10,11)(H,13,14). The van der Waals surface area contributed by atoms with Gasteiger partial charge >= 0.3 is 28.0 Å². The molecule has 0 aromatic rings. The lowest BCUT2D eigenvalue weighted by Crippen LogP contribution is -2.43. The number of rotatable bonds is 9. The van der Waals surface area contributed by atoms with Gasteiger partial charge in [-0.05, 0) is 6.42 Å². The van der Waals surface area contributed by atoms with Gasteiger partial charge in [-0.3, -0.25) is 9.59 Å². The topological polar surface area (TPSA) is 155 Å². The van der Waals surface area contributed by atoms with Crippen molar-refractivity contribution in [3.63, 3.8) is 0 Å². The van der Waals surface area contributed by atoms with Crippen LogP contribution in [0.4, 0.5) is 0 Å². The summed E-state index contributed by atoms with van der Waals surface area (Å²) < 4.78 is 26.2. The molecule has 0 aromatic heterocycles. The zero-order valence-electron chi connectivity index (χ0n) is 10.5. The molecule has 9 nitrogen and oxygen atoms in total. The van der Waals surface area contributed by atoms with Crippen LogP contribution in [-0.2, 0) is 28.7 Å². The van der Waals surface area contributed by atoms with E-state index in [-0.39, 0.29) is 6.42 Å². The van der Waals surface area contributed by atoms with E-state index in [0.29, 0.717) is 0 Å². The quantitative estimate of drug-likeness (QED) is 0.200. The molecule has 0 amide bonds. The largest absolute Gasteiger partial charge is 0.481 e. The molecule has 1 unspecified atom stereocenters. The fraction of sp³-hybridized carbons (Fsp3) is 0.667. The zero-order valence-corrected chi connectivity index (χ0v) is 13.1. The Balaban J connectivity index is 4.79. The van der Waals surface area contributed by atoms with Gasteiger partial charge in [-0.15, -0.1) is 0 Å². The summed E-state index contributed by atoms with van der Waals surface area (Å²) in [6, 6.07) is 0. The van der Waals surface area contributed by atoms with E-state index in [2.05, 4.69) is 29.4 Å². The highest BCUT2D eigenvalue weighted by Crippen LogP contribution is 2.18. The molecule has 0 aliphatic heterocycles. The monoisotopic (exact) mass is 362 g/mol. The van der Waals surface area contributed by atoms with Gasteiger partial charge in [0.15, 0.2) is 5.60 Å². The molecule has 0 aliphatic carbocycles. The van der Waals surface area contributed by atoms with E-state index < -0.39 is 56.8 Å². The highest BCUT2D eigenvalue weighted by atomic mass is 32.2. The molecule has 0 fully saturated rings. The van der Waals surface area contributed by atoms with Crippen molar-refractivity contribution in [2.45, 2.75) is 29.4 Å². The van der Waals surface area contributed by atoms with Crippen molar-refractivity contribution in [1.82, 2.24) is 0 Å². The highest BCUT2D eigenvalue weighted by Gasteiger charge is 2.42. The molecule has 3 N–H and O–H groups in total. The minimum atomic E-state index is -4.30. The fourth-order valence-corrected chi connectivity index (χ4v) is 2.72. The summed E-state index contributed by atoms with van der Waals surface area (Å²) in [6.45, 7) is 0. The normalized spacial score (nSPS) is 14.5. The van der Waals surface area contributed by atoms with Crippen LogP contribution in [0.25, 0.3) is 0 Å². The number of carboxylic acid groups (broad SMARTS) is 2. The number of carboxylic acids is 2. The Hall–Kier alpha value is -0.980. The molecule has 0 aliphatic rings. The number of hydrogen-bond acceptors (Lipinski definition) is 9. The third kappa shape index (κ3) is 8.14. The van der Waals surface area contributed by atoms with Crippen LogP contribution in [0.5, 0.6) is 0 Å². The van der Waals surface area contributed by atoms with Gasteiger partial charge in [-0.25, -0.2) is 4.79 Å². The van der Waals surface area contributed by atoms with Crippen LogP contribution in [0.1, 0.15) is 19.3 Å². The lowest BCUT2D eigenvalue weighted by atomic mass is 9.96. The molecular weight excluding hydrogens is 348 g/mol. The molecule has 21 heavy (non-hydrogen) atoms. The summed E-state index contributed by atoms with van der Waals surface area (Å²) in [6.07, 6.45) is -2.65. The van der Waals surface area contributed by atoms with Crippen LogP contribution in [0.2, 0.25) is 0 Å².